The van der Waals surface area contributed by atoms with Crippen LogP contribution < -0.4 is 0 Å². The first-order valence-corrected chi connectivity index (χ1v) is 4.81. The Morgan fingerprint density at radius 1 is 1.17 bits per heavy atom. The van der Waals surface area contributed by atoms with E-state index in [0.717, 1.165) is 12.8 Å². The van der Waals surface area contributed by atoms with Crippen molar-refractivity contribution < 1.29 is 4.39 Å². The summed E-state index contributed by atoms with van der Waals surface area (Å²) in [5.74, 6) is 6.48. The van der Waals surface area contributed by atoms with E-state index >= 15 is 0 Å². The van der Waals surface area contributed by atoms with Gasteiger partial charge in [0.25, 0.3) is 0 Å². The average molecular weight is 172 g/mol. The third-order valence-electron chi connectivity index (χ3n) is 1.08. The molecule has 0 aliphatic heterocycles. The molecule has 1 heteroatoms. The summed E-state index contributed by atoms with van der Waals surface area (Å²) in [4.78, 5) is 0. The topological polar surface area (TPSA) is 0 Å². The summed E-state index contributed by atoms with van der Waals surface area (Å²) < 4.78 is 11.5. The van der Waals surface area contributed by atoms with Gasteiger partial charge in [-0.3, -0.25) is 4.39 Å². The lowest BCUT2D eigenvalue weighted by atomic mass is 10.2. The Labute approximate surface area is 76.6 Å². The molecule has 0 aliphatic rings. The maximum atomic E-state index is 11.5. The van der Waals surface area contributed by atoms with Gasteiger partial charge < -0.3 is 0 Å². The molecule has 72 valence electrons. The van der Waals surface area contributed by atoms with Crippen molar-refractivity contribution in [3.05, 3.63) is 0 Å². The Kier molecular flexibility index (Phi) is 15.3. The van der Waals surface area contributed by atoms with Crippen molar-refractivity contribution in [1.82, 2.24) is 0 Å². The van der Waals surface area contributed by atoms with Gasteiger partial charge in [0.15, 0.2) is 0 Å². The maximum absolute atomic E-state index is 11.5. The van der Waals surface area contributed by atoms with Gasteiger partial charge in [-0.2, -0.15) is 0 Å². The van der Waals surface area contributed by atoms with Crippen LogP contribution in [0.5, 0.6) is 0 Å². The summed E-state index contributed by atoms with van der Waals surface area (Å²) in [5.41, 5.74) is 0. The molecular formula is C11H21F. The number of alkyl halides is 1. The van der Waals surface area contributed by atoms with Crippen LogP contribution >= 0.6 is 0 Å². The zero-order chi connectivity index (χ0) is 9.82. The van der Waals surface area contributed by atoms with E-state index in [4.69, 9.17) is 0 Å². The zero-order valence-corrected chi connectivity index (χ0v) is 8.78. The molecule has 0 heterocycles. The molecule has 0 rings (SSSR count). The molecule has 0 radical (unpaired) electrons. The molecule has 0 saturated carbocycles. The number of hydrogen-bond donors (Lipinski definition) is 0. The highest BCUT2D eigenvalue weighted by molar-refractivity contribution is 5.00. The average Bonchev–Trinajstić information content (AvgIpc) is 2.07. The molecule has 0 amide bonds. The molecule has 0 aliphatic carbocycles. The Hall–Kier alpha value is -0.510. The van der Waals surface area contributed by atoms with Crippen molar-refractivity contribution in [3.63, 3.8) is 0 Å². The molecular weight excluding hydrogens is 151 g/mol. The van der Waals surface area contributed by atoms with Crippen molar-refractivity contribution in [2.75, 3.05) is 6.67 Å². The van der Waals surface area contributed by atoms with E-state index in [-0.39, 0.29) is 6.67 Å². The number of rotatable bonds is 3. The molecule has 0 aromatic heterocycles. The number of halogens is 1. The third-order valence-corrected chi connectivity index (χ3v) is 1.08. The monoisotopic (exact) mass is 172 g/mol. The summed E-state index contributed by atoms with van der Waals surface area (Å²) in [6, 6.07) is 0. The van der Waals surface area contributed by atoms with Gasteiger partial charge in [0.05, 0.1) is 6.67 Å². The molecule has 0 spiro atoms. The third kappa shape index (κ3) is 16.2. The highest BCUT2D eigenvalue weighted by Gasteiger charge is 1.83. The largest absolute Gasteiger partial charge is 0.251 e. The van der Waals surface area contributed by atoms with E-state index in [1.54, 1.807) is 0 Å². The molecule has 0 unspecified atom stereocenters. The quantitative estimate of drug-likeness (QED) is 0.448. The molecule has 0 fully saturated rings. The SMILES string of the molecule is CC.CC(C)C#CCCCCF. The standard InChI is InChI=1S/C9H15F.C2H6/c1-9(2)7-5-3-4-6-8-10;1-2/h9H,3-4,6,8H2,1-2H3;1-2H3. The Bertz CT molecular complexity index is 117. The van der Waals surface area contributed by atoms with Gasteiger partial charge in [-0.25, -0.2) is 0 Å². The summed E-state index contributed by atoms with van der Waals surface area (Å²) in [6.07, 6.45) is 2.41. The first kappa shape index (κ1) is 14.0. The minimum Gasteiger partial charge on any atom is -0.251 e. The van der Waals surface area contributed by atoms with Crippen molar-refractivity contribution in [1.29, 1.82) is 0 Å². The first-order chi connectivity index (χ1) is 5.77. The van der Waals surface area contributed by atoms with E-state index in [1.165, 1.54) is 0 Å². The van der Waals surface area contributed by atoms with E-state index in [0.29, 0.717) is 12.3 Å². The van der Waals surface area contributed by atoms with Crippen molar-refractivity contribution in [2.24, 2.45) is 5.92 Å². The van der Waals surface area contributed by atoms with E-state index < -0.39 is 0 Å². The fraction of sp³-hybridized carbons (Fsp3) is 0.818. The summed E-state index contributed by atoms with van der Waals surface area (Å²) >= 11 is 0. The van der Waals surface area contributed by atoms with Crippen LogP contribution in [0.1, 0.15) is 47.0 Å². The zero-order valence-electron chi connectivity index (χ0n) is 8.78. The van der Waals surface area contributed by atoms with Crippen LogP contribution in [0.3, 0.4) is 0 Å². The van der Waals surface area contributed by atoms with Crippen molar-refractivity contribution >= 4 is 0 Å². The van der Waals surface area contributed by atoms with Gasteiger partial charge in [0, 0.05) is 12.3 Å². The molecule has 0 nitrogen and oxygen atoms in total. The lowest BCUT2D eigenvalue weighted by Gasteiger charge is -1.88. The van der Waals surface area contributed by atoms with Gasteiger partial charge in [0.2, 0.25) is 0 Å². The first-order valence-electron chi connectivity index (χ1n) is 4.81. The Balaban J connectivity index is 0. The summed E-state index contributed by atoms with van der Waals surface area (Å²) in [6.45, 7) is 7.91. The predicted molar refractivity (Wildman–Crippen MR) is 53.8 cm³/mol. The second-order valence-electron chi connectivity index (χ2n) is 2.62. The molecule has 0 atom stereocenters. The van der Waals surface area contributed by atoms with Crippen LogP contribution in [0.25, 0.3) is 0 Å². The minimum atomic E-state index is -0.205. The lowest BCUT2D eigenvalue weighted by molar-refractivity contribution is 0.464. The Morgan fingerprint density at radius 2 is 1.75 bits per heavy atom. The van der Waals surface area contributed by atoms with Crippen LogP contribution in [-0.4, -0.2) is 6.67 Å². The molecule has 12 heavy (non-hydrogen) atoms. The summed E-state index contributed by atoms with van der Waals surface area (Å²) in [7, 11) is 0. The Morgan fingerprint density at radius 3 is 2.17 bits per heavy atom. The van der Waals surface area contributed by atoms with Gasteiger partial charge in [0.1, 0.15) is 0 Å². The van der Waals surface area contributed by atoms with E-state index in [2.05, 4.69) is 25.7 Å². The second kappa shape index (κ2) is 13.1. The normalized spacial score (nSPS) is 8.17. The van der Waals surface area contributed by atoms with E-state index in [1.807, 2.05) is 13.8 Å². The van der Waals surface area contributed by atoms with Crippen molar-refractivity contribution in [3.8, 4) is 11.8 Å². The molecule has 0 bridgehead atoms. The second-order valence-corrected chi connectivity index (χ2v) is 2.62. The molecule has 0 aromatic carbocycles. The predicted octanol–water partition coefficient (Wildman–Crippen LogP) is 3.81. The fourth-order valence-electron chi connectivity index (χ4n) is 0.584. The molecule has 0 N–H and O–H groups in total. The highest BCUT2D eigenvalue weighted by atomic mass is 19.1. The summed E-state index contributed by atoms with van der Waals surface area (Å²) in [5, 5.41) is 0. The number of unbranched alkanes of at least 4 members (excludes halogenated alkanes) is 2. The minimum absolute atomic E-state index is 0.205. The fourth-order valence-corrected chi connectivity index (χ4v) is 0.584. The van der Waals surface area contributed by atoms with Crippen LogP contribution in [0.15, 0.2) is 0 Å². The van der Waals surface area contributed by atoms with Crippen molar-refractivity contribution in [2.45, 2.75) is 47.0 Å². The van der Waals surface area contributed by atoms with Gasteiger partial charge >= 0.3 is 0 Å². The van der Waals surface area contributed by atoms with Crippen LogP contribution in [0.2, 0.25) is 0 Å². The van der Waals surface area contributed by atoms with Crippen LogP contribution in [0, 0.1) is 17.8 Å². The van der Waals surface area contributed by atoms with Gasteiger partial charge in [-0.1, -0.05) is 27.7 Å². The smallest absolute Gasteiger partial charge is 0.0894 e. The van der Waals surface area contributed by atoms with Crippen LogP contribution in [-0.2, 0) is 0 Å². The number of hydrogen-bond acceptors (Lipinski definition) is 0. The maximum Gasteiger partial charge on any atom is 0.0894 e. The molecule has 0 aromatic rings. The van der Waals surface area contributed by atoms with Crippen LogP contribution in [0.4, 0.5) is 4.39 Å². The highest BCUT2D eigenvalue weighted by Crippen LogP contribution is 1.94. The van der Waals surface area contributed by atoms with Gasteiger partial charge in [-0.15, -0.1) is 11.8 Å². The van der Waals surface area contributed by atoms with Gasteiger partial charge in [-0.05, 0) is 12.8 Å². The molecule has 0 saturated heterocycles. The van der Waals surface area contributed by atoms with E-state index in [9.17, 15) is 4.39 Å². The lowest BCUT2D eigenvalue weighted by Crippen LogP contribution is -1.79.